The third kappa shape index (κ3) is 10.4. The van der Waals surface area contributed by atoms with Crippen molar-refractivity contribution in [2.24, 2.45) is 0 Å². The number of unbranched alkanes of at least 4 members (excludes halogenated alkanes) is 4. The fourth-order valence-electron chi connectivity index (χ4n) is 2.50. The molecule has 0 bridgehead atoms. The molecule has 0 saturated heterocycles. The second-order valence-corrected chi connectivity index (χ2v) is 6.36. The lowest BCUT2D eigenvalue weighted by molar-refractivity contribution is -0.141. The number of hydrogen-bond acceptors (Lipinski definition) is 5. The van der Waals surface area contributed by atoms with Crippen LogP contribution in [0.4, 0.5) is 4.79 Å². The summed E-state index contributed by atoms with van der Waals surface area (Å²) >= 11 is 0. The third-order valence-corrected chi connectivity index (χ3v) is 4.07. The molecule has 0 aliphatic rings. The maximum Gasteiger partial charge on any atom is 0.408 e. The molecule has 150 valence electrons. The van der Waals surface area contributed by atoms with Gasteiger partial charge >= 0.3 is 12.1 Å². The second-order valence-electron chi connectivity index (χ2n) is 6.36. The van der Waals surface area contributed by atoms with Crippen molar-refractivity contribution in [3.05, 3.63) is 48.0 Å². The van der Waals surface area contributed by atoms with Crippen molar-refractivity contribution in [1.29, 1.82) is 0 Å². The highest BCUT2D eigenvalue weighted by Crippen LogP contribution is 2.08. The Kier molecular flexibility index (Phi) is 11.6. The maximum absolute atomic E-state index is 11.9. The summed E-state index contributed by atoms with van der Waals surface area (Å²) in [4.78, 5) is 23.8. The zero-order valence-electron chi connectivity index (χ0n) is 16.2. The van der Waals surface area contributed by atoms with Crippen molar-refractivity contribution in [2.75, 3.05) is 7.11 Å². The summed E-state index contributed by atoms with van der Waals surface area (Å²) in [5.41, 5.74) is 0.844. The fraction of sp³-hybridized carbons (Fsp3) is 0.524. The molecule has 1 unspecified atom stereocenters. The molecule has 2 atom stereocenters. The van der Waals surface area contributed by atoms with E-state index < -0.39 is 24.2 Å². The molecule has 0 fully saturated rings. The van der Waals surface area contributed by atoms with E-state index in [0.717, 1.165) is 24.8 Å². The standard InChI is InChI=1S/C21H31NO5/c1-3-4-5-6-10-13-18(23)14-15-19(20(24)26-2)22-21(25)27-16-17-11-8-7-9-12-17/h7-9,11-12,14-15,18-19,23H,3-6,10,13,16H2,1-2H3,(H,22,25)/b15-14+/t18?,19-/m0/s1. The quantitative estimate of drug-likeness (QED) is 0.329. The summed E-state index contributed by atoms with van der Waals surface area (Å²) in [7, 11) is 1.24. The number of carbonyl (C=O) groups excluding carboxylic acids is 2. The van der Waals surface area contributed by atoms with Crippen LogP contribution in [-0.2, 0) is 20.9 Å². The van der Waals surface area contributed by atoms with Crippen molar-refractivity contribution in [1.82, 2.24) is 5.32 Å². The average Bonchev–Trinajstić information content (AvgIpc) is 2.69. The molecule has 27 heavy (non-hydrogen) atoms. The Bertz CT molecular complexity index is 573. The van der Waals surface area contributed by atoms with Crippen LogP contribution in [0.15, 0.2) is 42.5 Å². The van der Waals surface area contributed by atoms with Crippen LogP contribution in [0.1, 0.15) is 51.0 Å². The largest absolute Gasteiger partial charge is 0.467 e. The monoisotopic (exact) mass is 377 g/mol. The van der Waals surface area contributed by atoms with Crippen LogP contribution in [0.25, 0.3) is 0 Å². The molecule has 1 amide bonds. The number of methoxy groups -OCH3 is 1. The summed E-state index contributed by atoms with van der Waals surface area (Å²) in [5.74, 6) is -0.627. The minimum absolute atomic E-state index is 0.102. The molecule has 1 rings (SSSR count). The van der Waals surface area contributed by atoms with E-state index in [1.165, 1.54) is 32.1 Å². The van der Waals surface area contributed by atoms with Gasteiger partial charge in [-0.3, -0.25) is 0 Å². The average molecular weight is 377 g/mol. The molecule has 0 aliphatic heterocycles. The van der Waals surface area contributed by atoms with Gasteiger partial charge in [0, 0.05) is 0 Å². The van der Waals surface area contributed by atoms with Gasteiger partial charge in [0.05, 0.1) is 13.2 Å². The highest BCUT2D eigenvalue weighted by Gasteiger charge is 2.19. The number of ether oxygens (including phenoxy) is 2. The molecular formula is C21H31NO5. The lowest BCUT2D eigenvalue weighted by atomic mass is 10.1. The molecule has 1 aromatic rings. The highest BCUT2D eigenvalue weighted by molar-refractivity contribution is 5.83. The van der Waals surface area contributed by atoms with Crippen LogP contribution in [-0.4, -0.2) is 36.4 Å². The summed E-state index contributed by atoms with van der Waals surface area (Å²) in [6.07, 6.45) is 7.70. The smallest absolute Gasteiger partial charge is 0.408 e. The van der Waals surface area contributed by atoms with Crippen LogP contribution in [0.3, 0.4) is 0 Å². The first-order valence-electron chi connectivity index (χ1n) is 9.48. The predicted molar refractivity (Wildman–Crippen MR) is 104 cm³/mol. The molecule has 0 aromatic heterocycles. The Hall–Kier alpha value is -2.34. The first kappa shape index (κ1) is 22.7. The number of aliphatic hydroxyl groups excluding tert-OH is 1. The maximum atomic E-state index is 11.9. The van der Waals surface area contributed by atoms with E-state index in [1.54, 1.807) is 0 Å². The Morgan fingerprint density at radius 3 is 2.48 bits per heavy atom. The second kappa shape index (κ2) is 13.8. The molecule has 0 radical (unpaired) electrons. The van der Waals surface area contributed by atoms with Crippen LogP contribution < -0.4 is 5.32 Å². The number of carbonyl (C=O) groups is 2. The van der Waals surface area contributed by atoms with Gasteiger partial charge in [0.2, 0.25) is 0 Å². The Morgan fingerprint density at radius 2 is 1.81 bits per heavy atom. The van der Waals surface area contributed by atoms with Crippen molar-refractivity contribution in [3.8, 4) is 0 Å². The number of nitrogens with one attached hydrogen (secondary N) is 1. The molecule has 0 heterocycles. The van der Waals surface area contributed by atoms with E-state index >= 15 is 0 Å². The Morgan fingerprint density at radius 1 is 1.11 bits per heavy atom. The summed E-state index contributed by atoms with van der Waals surface area (Å²) in [6.45, 7) is 2.26. The molecular weight excluding hydrogens is 346 g/mol. The highest BCUT2D eigenvalue weighted by atomic mass is 16.6. The number of amides is 1. The van der Waals surface area contributed by atoms with Crippen molar-refractivity contribution < 1.29 is 24.2 Å². The van der Waals surface area contributed by atoms with Crippen LogP contribution in [0, 0.1) is 0 Å². The minimum Gasteiger partial charge on any atom is -0.467 e. The van der Waals surface area contributed by atoms with Gasteiger partial charge in [-0.1, -0.05) is 81.5 Å². The summed E-state index contributed by atoms with van der Waals surface area (Å²) < 4.78 is 9.80. The van der Waals surface area contributed by atoms with Gasteiger partial charge in [0.15, 0.2) is 0 Å². The first-order valence-corrected chi connectivity index (χ1v) is 9.48. The number of alkyl carbamates (subject to hydrolysis) is 1. The first-order chi connectivity index (χ1) is 13.1. The van der Waals surface area contributed by atoms with Crippen LogP contribution >= 0.6 is 0 Å². The Balaban J connectivity index is 2.44. The van der Waals surface area contributed by atoms with Gasteiger partial charge in [-0.05, 0) is 12.0 Å². The predicted octanol–water partition coefficient (Wildman–Crippen LogP) is 3.73. The summed E-state index contributed by atoms with van der Waals surface area (Å²) in [6, 6.07) is 8.23. The lowest BCUT2D eigenvalue weighted by Gasteiger charge is -2.14. The van der Waals surface area contributed by atoms with Gasteiger partial charge < -0.3 is 19.9 Å². The number of hydrogen-bond donors (Lipinski definition) is 2. The number of esters is 1. The number of aliphatic hydroxyl groups is 1. The van der Waals surface area contributed by atoms with Crippen LogP contribution in [0.5, 0.6) is 0 Å². The Labute approximate surface area is 161 Å². The third-order valence-electron chi connectivity index (χ3n) is 4.07. The molecule has 2 N–H and O–H groups in total. The van der Waals surface area contributed by atoms with Gasteiger partial charge in [-0.25, -0.2) is 9.59 Å². The van der Waals surface area contributed by atoms with Crippen LogP contribution in [0.2, 0.25) is 0 Å². The molecule has 0 spiro atoms. The minimum atomic E-state index is -1.01. The fourth-order valence-corrected chi connectivity index (χ4v) is 2.50. The lowest BCUT2D eigenvalue weighted by Crippen LogP contribution is -2.40. The number of benzene rings is 1. The molecule has 1 aromatic carbocycles. The SMILES string of the molecule is CCCCCCCC(O)/C=C/[C@H](NC(=O)OCc1ccccc1)C(=O)OC. The zero-order chi connectivity index (χ0) is 19.9. The zero-order valence-corrected chi connectivity index (χ0v) is 16.2. The molecule has 6 nitrogen and oxygen atoms in total. The van der Waals surface area contributed by atoms with Crippen molar-refractivity contribution in [2.45, 2.75) is 64.2 Å². The van der Waals surface area contributed by atoms with E-state index in [4.69, 9.17) is 9.47 Å². The van der Waals surface area contributed by atoms with Gasteiger partial charge in [-0.15, -0.1) is 0 Å². The molecule has 0 saturated carbocycles. The molecule has 6 heteroatoms. The van der Waals surface area contributed by atoms with E-state index in [1.807, 2.05) is 30.3 Å². The van der Waals surface area contributed by atoms with E-state index in [2.05, 4.69) is 12.2 Å². The molecule has 0 aliphatic carbocycles. The number of rotatable bonds is 12. The topological polar surface area (TPSA) is 84.9 Å². The summed E-state index contributed by atoms with van der Waals surface area (Å²) in [5, 5.41) is 12.5. The van der Waals surface area contributed by atoms with Gasteiger partial charge in [0.25, 0.3) is 0 Å². The van der Waals surface area contributed by atoms with Gasteiger partial charge in [-0.2, -0.15) is 0 Å². The van der Waals surface area contributed by atoms with E-state index in [9.17, 15) is 14.7 Å². The van der Waals surface area contributed by atoms with E-state index in [-0.39, 0.29) is 6.61 Å². The van der Waals surface area contributed by atoms with Crippen molar-refractivity contribution >= 4 is 12.1 Å². The normalized spacial score (nSPS) is 13.1. The van der Waals surface area contributed by atoms with E-state index in [0.29, 0.717) is 6.42 Å². The van der Waals surface area contributed by atoms with Gasteiger partial charge in [0.1, 0.15) is 12.6 Å². The van der Waals surface area contributed by atoms with Crippen molar-refractivity contribution in [3.63, 3.8) is 0 Å².